The van der Waals surface area contributed by atoms with E-state index in [9.17, 15) is 13.2 Å². The van der Waals surface area contributed by atoms with Crippen LogP contribution in [-0.4, -0.2) is 29.8 Å². The van der Waals surface area contributed by atoms with Gasteiger partial charge in [0.15, 0.2) is 0 Å². The maximum Gasteiger partial charge on any atom is 0.261 e. The molecule has 29 heavy (non-hydrogen) atoms. The van der Waals surface area contributed by atoms with Crippen LogP contribution in [0.4, 0.5) is 10.8 Å². The fourth-order valence-corrected chi connectivity index (χ4v) is 4.87. The summed E-state index contributed by atoms with van der Waals surface area (Å²) in [7, 11) is -3.64. The molecule has 152 valence electrons. The fourth-order valence-electron chi connectivity index (χ4n) is 2.34. The van der Waals surface area contributed by atoms with Crippen molar-refractivity contribution < 1.29 is 13.2 Å². The maximum atomic E-state index is 12.5. The third-order valence-electron chi connectivity index (χ3n) is 3.88. The van der Waals surface area contributed by atoms with Gasteiger partial charge in [-0.3, -0.25) is 14.8 Å². The molecule has 0 spiro atoms. The second kappa shape index (κ2) is 8.93. The molecule has 0 aliphatic rings. The Kier molecular flexibility index (Phi) is 6.56. The van der Waals surface area contributed by atoms with Gasteiger partial charge >= 0.3 is 0 Å². The first-order valence-corrected chi connectivity index (χ1v) is 11.9. The molecular weight excluding hydrogens is 428 g/mol. The summed E-state index contributed by atoms with van der Waals surface area (Å²) in [5.41, 5.74) is 1.45. The number of aromatic nitrogens is 2. The van der Waals surface area contributed by atoms with Gasteiger partial charge in [-0.2, -0.15) is 0 Å². The minimum atomic E-state index is -3.64. The average Bonchev–Trinajstić information content (AvgIpc) is 3.08. The van der Waals surface area contributed by atoms with Gasteiger partial charge in [-0.25, -0.2) is 8.42 Å². The Hall–Kier alpha value is -2.43. The van der Waals surface area contributed by atoms with Crippen molar-refractivity contribution in [3.8, 4) is 0 Å². The second-order valence-corrected chi connectivity index (χ2v) is 10.6. The van der Waals surface area contributed by atoms with Crippen molar-refractivity contribution in [1.29, 1.82) is 0 Å². The van der Waals surface area contributed by atoms with Gasteiger partial charge in [-0.15, -0.1) is 22.0 Å². The third-order valence-corrected chi connectivity index (χ3v) is 7.14. The van der Waals surface area contributed by atoms with Crippen LogP contribution in [0.1, 0.15) is 17.5 Å². The average molecular weight is 449 g/mol. The first-order valence-electron chi connectivity index (χ1n) is 8.70. The highest BCUT2D eigenvalue weighted by atomic mass is 32.2. The van der Waals surface area contributed by atoms with Gasteiger partial charge in [0.1, 0.15) is 5.01 Å². The predicted molar refractivity (Wildman–Crippen MR) is 117 cm³/mol. The number of hydrogen-bond donors (Lipinski definition) is 2. The van der Waals surface area contributed by atoms with Crippen molar-refractivity contribution in [3.05, 3.63) is 59.1 Å². The maximum absolute atomic E-state index is 12.5. The molecule has 1 amide bonds. The number of nitrogens with zero attached hydrogens (tertiary/aromatic N) is 2. The molecule has 0 aliphatic heterocycles. The summed E-state index contributed by atoms with van der Waals surface area (Å²) in [5, 5.41) is 11.4. The SMILES string of the molecule is Cc1ccc(S(=O)(=O)Nc2ccc(SC(C)C(=O)Nc3nnc(C)s3)cc2)cc1. The number of rotatable bonds is 7. The quantitative estimate of drug-likeness (QED) is 0.528. The minimum absolute atomic E-state index is 0.171. The molecule has 1 heterocycles. The van der Waals surface area contributed by atoms with E-state index in [0.717, 1.165) is 15.5 Å². The van der Waals surface area contributed by atoms with Crippen LogP contribution in [0.5, 0.6) is 0 Å². The largest absolute Gasteiger partial charge is 0.300 e. The zero-order valence-corrected chi connectivity index (χ0v) is 18.5. The molecule has 3 aromatic rings. The number of thioether (sulfide) groups is 1. The van der Waals surface area contributed by atoms with Gasteiger partial charge in [0.25, 0.3) is 10.0 Å². The molecule has 1 unspecified atom stereocenters. The lowest BCUT2D eigenvalue weighted by molar-refractivity contribution is -0.115. The summed E-state index contributed by atoms with van der Waals surface area (Å²) >= 11 is 2.69. The van der Waals surface area contributed by atoms with Crippen molar-refractivity contribution in [2.24, 2.45) is 0 Å². The van der Waals surface area contributed by atoms with Crippen molar-refractivity contribution >= 4 is 49.8 Å². The van der Waals surface area contributed by atoms with E-state index >= 15 is 0 Å². The summed E-state index contributed by atoms with van der Waals surface area (Å²) in [4.78, 5) is 13.3. The van der Waals surface area contributed by atoms with Crippen LogP contribution in [0.15, 0.2) is 58.3 Å². The smallest absolute Gasteiger partial charge is 0.261 e. The van der Waals surface area contributed by atoms with Crippen LogP contribution < -0.4 is 10.0 Å². The topological polar surface area (TPSA) is 101 Å². The van der Waals surface area contributed by atoms with Crippen molar-refractivity contribution in [2.45, 2.75) is 35.8 Å². The minimum Gasteiger partial charge on any atom is -0.300 e. The normalized spacial score (nSPS) is 12.4. The molecule has 0 saturated carbocycles. The van der Waals surface area contributed by atoms with E-state index in [1.54, 1.807) is 55.5 Å². The van der Waals surface area contributed by atoms with Crippen LogP contribution in [0.25, 0.3) is 0 Å². The number of carbonyl (C=O) groups excluding carboxylic acids is 1. The van der Waals surface area contributed by atoms with Crippen LogP contribution in [-0.2, 0) is 14.8 Å². The Labute approximate surface area is 178 Å². The Morgan fingerprint density at radius 2 is 1.69 bits per heavy atom. The van der Waals surface area contributed by atoms with Gasteiger partial charge in [-0.1, -0.05) is 29.0 Å². The Bertz CT molecular complexity index is 1090. The van der Waals surface area contributed by atoms with Crippen LogP contribution >= 0.6 is 23.1 Å². The lowest BCUT2D eigenvalue weighted by Gasteiger charge is -2.12. The van der Waals surface area contributed by atoms with E-state index < -0.39 is 10.0 Å². The summed E-state index contributed by atoms with van der Waals surface area (Å²) in [6, 6.07) is 13.5. The number of hydrogen-bond acceptors (Lipinski definition) is 7. The van der Waals surface area contributed by atoms with Crippen molar-refractivity contribution in [2.75, 3.05) is 10.0 Å². The molecule has 10 heteroatoms. The van der Waals surface area contributed by atoms with Crippen molar-refractivity contribution in [3.63, 3.8) is 0 Å². The monoisotopic (exact) mass is 448 g/mol. The number of nitrogens with one attached hydrogen (secondary N) is 2. The molecule has 0 aliphatic carbocycles. The molecule has 1 aromatic heterocycles. The van der Waals surface area contributed by atoms with Gasteiger partial charge < -0.3 is 0 Å². The summed E-state index contributed by atoms with van der Waals surface area (Å²) < 4.78 is 27.5. The molecule has 7 nitrogen and oxygen atoms in total. The molecule has 2 aromatic carbocycles. The van der Waals surface area contributed by atoms with E-state index in [1.165, 1.54) is 23.1 Å². The lowest BCUT2D eigenvalue weighted by Crippen LogP contribution is -2.22. The van der Waals surface area contributed by atoms with Crippen LogP contribution in [0, 0.1) is 13.8 Å². The molecule has 0 radical (unpaired) electrons. The van der Waals surface area contributed by atoms with Gasteiger partial charge in [0, 0.05) is 10.6 Å². The first-order chi connectivity index (χ1) is 13.7. The van der Waals surface area contributed by atoms with E-state index in [4.69, 9.17) is 0 Å². The number of carbonyl (C=O) groups is 1. The van der Waals surface area contributed by atoms with Crippen LogP contribution in [0.3, 0.4) is 0 Å². The van der Waals surface area contributed by atoms with E-state index in [0.29, 0.717) is 10.8 Å². The predicted octanol–water partition coefficient (Wildman–Crippen LogP) is 4.08. The standard InChI is InChI=1S/C19H20N4O3S3/c1-12-4-10-17(11-5-12)29(25,26)23-15-6-8-16(9-7-15)27-13(2)18(24)20-19-22-21-14(3)28-19/h4-11,13,23H,1-3H3,(H,20,22,24). The zero-order chi connectivity index (χ0) is 21.0. The van der Waals surface area contributed by atoms with Crippen molar-refractivity contribution in [1.82, 2.24) is 10.2 Å². The second-order valence-electron chi connectivity index (χ2n) is 6.32. The Morgan fingerprint density at radius 1 is 1.03 bits per heavy atom. The third kappa shape index (κ3) is 5.78. The molecule has 3 rings (SSSR count). The van der Waals surface area contributed by atoms with Gasteiger partial charge in [0.2, 0.25) is 11.0 Å². The molecular formula is C19H20N4O3S3. The Balaban J connectivity index is 1.60. The van der Waals surface area contributed by atoms with Gasteiger partial charge in [-0.05, 0) is 57.2 Å². The van der Waals surface area contributed by atoms with E-state index in [2.05, 4.69) is 20.2 Å². The number of amides is 1. The fraction of sp³-hybridized carbons (Fsp3) is 0.211. The van der Waals surface area contributed by atoms with E-state index in [-0.39, 0.29) is 16.1 Å². The summed E-state index contributed by atoms with van der Waals surface area (Å²) in [6.45, 7) is 5.51. The number of aryl methyl sites for hydroxylation is 2. The lowest BCUT2D eigenvalue weighted by atomic mass is 10.2. The number of anilines is 2. The molecule has 0 saturated heterocycles. The molecule has 0 bridgehead atoms. The Morgan fingerprint density at radius 3 is 2.28 bits per heavy atom. The summed E-state index contributed by atoms with van der Waals surface area (Å²) in [6.07, 6.45) is 0. The number of benzene rings is 2. The zero-order valence-electron chi connectivity index (χ0n) is 16.0. The highest BCUT2D eigenvalue weighted by molar-refractivity contribution is 8.00. The van der Waals surface area contributed by atoms with Crippen LogP contribution in [0.2, 0.25) is 0 Å². The summed E-state index contributed by atoms with van der Waals surface area (Å²) in [5.74, 6) is -0.171. The highest BCUT2D eigenvalue weighted by Crippen LogP contribution is 2.27. The molecule has 2 N–H and O–H groups in total. The first kappa shape index (κ1) is 21.3. The molecule has 1 atom stereocenters. The highest BCUT2D eigenvalue weighted by Gasteiger charge is 2.17. The molecule has 0 fully saturated rings. The van der Waals surface area contributed by atoms with Gasteiger partial charge in [0.05, 0.1) is 10.1 Å². The number of sulfonamides is 1. The van der Waals surface area contributed by atoms with E-state index in [1.807, 2.05) is 13.8 Å².